The maximum absolute atomic E-state index is 10.0. The molecule has 0 aromatic heterocycles. The number of hydrogen-bond donors (Lipinski definition) is 1. The molecule has 0 radical (unpaired) electrons. The Bertz CT molecular complexity index is 256. The molecule has 1 atom stereocenters. The van der Waals surface area contributed by atoms with Crippen molar-refractivity contribution in [3.63, 3.8) is 0 Å². The van der Waals surface area contributed by atoms with Crippen LogP contribution < -0.4 is 0 Å². The quantitative estimate of drug-likeness (QED) is 0.424. The van der Waals surface area contributed by atoms with E-state index in [2.05, 4.69) is 18.8 Å². The molecule has 0 bridgehead atoms. The third-order valence-electron chi connectivity index (χ3n) is 2.78. The average Bonchev–Trinajstić information content (AvgIpc) is 2.24. The van der Waals surface area contributed by atoms with Crippen molar-refractivity contribution in [2.45, 2.75) is 63.9 Å². The average molecular weight is 206 g/mol. The summed E-state index contributed by atoms with van der Waals surface area (Å²) in [6, 6.07) is 0. The highest BCUT2D eigenvalue weighted by molar-refractivity contribution is 5.24. The van der Waals surface area contributed by atoms with E-state index in [0.29, 0.717) is 0 Å². The summed E-state index contributed by atoms with van der Waals surface area (Å²) >= 11 is 0. The zero-order valence-electron chi connectivity index (χ0n) is 9.76. The zero-order chi connectivity index (χ0) is 11.0. The predicted octanol–water partition coefficient (Wildman–Crippen LogP) is 3.43. The number of unbranched alkanes of at least 4 members (excludes halogenated alkanes) is 4. The minimum Gasteiger partial charge on any atom is -0.374 e. The molecule has 1 N–H and O–H groups in total. The summed E-state index contributed by atoms with van der Waals surface area (Å²) < 4.78 is 0. The van der Waals surface area contributed by atoms with E-state index in [0.717, 1.165) is 25.7 Å². The molecule has 1 nitrogen and oxygen atoms in total. The van der Waals surface area contributed by atoms with Crippen LogP contribution in [0.25, 0.3) is 0 Å². The van der Waals surface area contributed by atoms with Crippen LogP contribution in [0.15, 0.2) is 12.2 Å². The first-order chi connectivity index (χ1) is 7.27. The van der Waals surface area contributed by atoms with E-state index in [1.165, 1.54) is 25.7 Å². The van der Waals surface area contributed by atoms with Gasteiger partial charge >= 0.3 is 0 Å². The summed E-state index contributed by atoms with van der Waals surface area (Å²) in [6.07, 6.45) is 12.7. The summed E-state index contributed by atoms with van der Waals surface area (Å²) in [6.45, 7) is 2.21. The molecule has 0 heterocycles. The molecule has 0 aromatic rings. The Morgan fingerprint density at radius 1 is 1.33 bits per heavy atom. The lowest BCUT2D eigenvalue weighted by atomic mass is 9.91. The highest BCUT2D eigenvalue weighted by Crippen LogP contribution is 2.20. The minimum absolute atomic E-state index is 0.797. The number of rotatable bonds is 4. The molecule has 1 aliphatic carbocycles. The van der Waals surface area contributed by atoms with E-state index in [-0.39, 0.29) is 0 Å². The summed E-state index contributed by atoms with van der Waals surface area (Å²) in [5, 5.41) is 10.0. The SMILES string of the molecule is CCCCCCC#CC1(O)C=CCCC1. The maximum Gasteiger partial charge on any atom is 0.144 e. The Kier molecular flexibility index (Phi) is 5.50. The van der Waals surface area contributed by atoms with Crippen molar-refractivity contribution >= 4 is 0 Å². The molecule has 0 amide bonds. The van der Waals surface area contributed by atoms with Gasteiger partial charge in [-0.15, -0.1) is 0 Å². The highest BCUT2D eigenvalue weighted by atomic mass is 16.3. The maximum atomic E-state index is 10.0. The van der Waals surface area contributed by atoms with Gasteiger partial charge in [-0.25, -0.2) is 0 Å². The second kappa shape index (κ2) is 6.69. The number of hydrogen-bond acceptors (Lipinski definition) is 1. The molecule has 0 aromatic carbocycles. The molecule has 1 unspecified atom stereocenters. The Labute approximate surface area is 93.6 Å². The van der Waals surface area contributed by atoms with E-state index in [1.54, 1.807) is 0 Å². The largest absolute Gasteiger partial charge is 0.374 e. The fraction of sp³-hybridized carbons (Fsp3) is 0.714. The Morgan fingerprint density at radius 2 is 2.20 bits per heavy atom. The zero-order valence-corrected chi connectivity index (χ0v) is 9.76. The number of aliphatic hydroxyl groups is 1. The molecular weight excluding hydrogens is 184 g/mol. The van der Waals surface area contributed by atoms with Gasteiger partial charge in [0, 0.05) is 6.42 Å². The van der Waals surface area contributed by atoms with Gasteiger partial charge in [-0.3, -0.25) is 0 Å². The van der Waals surface area contributed by atoms with Crippen LogP contribution in [0, 0.1) is 11.8 Å². The topological polar surface area (TPSA) is 20.2 Å². The van der Waals surface area contributed by atoms with E-state index in [1.807, 2.05) is 12.2 Å². The highest BCUT2D eigenvalue weighted by Gasteiger charge is 2.21. The first-order valence-corrected chi connectivity index (χ1v) is 6.17. The van der Waals surface area contributed by atoms with Crippen LogP contribution in [-0.4, -0.2) is 10.7 Å². The smallest absolute Gasteiger partial charge is 0.144 e. The monoisotopic (exact) mass is 206 g/mol. The molecule has 0 spiro atoms. The fourth-order valence-corrected chi connectivity index (χ4v) is 1.81. The molecule has 84 valence electrons. The van der Waals surface area contributed by atoms with Gasteiger partial charge in [-0.1, -0.05) is 44.1 Å². The fourth-order valence-electron chi connectivity index (χ4n) is 1.81. The minimum atomic E-state index is -0.816. The summed E-state index contributed by atoms with van der Waals surface area (Å²) in [7, 11) is 0. The van der Waals surface area contributed by atoms with Crippen LogP contribution in [0.2, 0.25) is 0 Å². The first-order valence-electron chi connectivity index (χ1n) is 6.17. The van der Waals surface area contributed by atoms with Crippen molar-refractivity contribution < 1.29 is 5.11 Å². The van der Waals surface area contributed by atoms with Gasteiger partial charge < -0.3 is 5.11 Å². The molecule has 0 fully saturated rings. The van der Waals surface area contributed by atoms with Gasteiger partial charge in [-0.05, 0) is 31.8 Å². The summed E-state index contributed by atoms with van der Waals surface area (Å²) in [5.74, 6) is 6.10. The van der Waals surface area contributed by atoms with Crippen molar-refractivity contribution in [2.24, 2.45) is 0 Å². The van der Waals surface area contributed by atoms with E-state index in [4.69, 9.17) is 0 Å². The van der Waals surface area contributed by atoms with Gasteiger partial charge in [0.2, 0.25) is 0 Å². The Morgan fingerprint density at radius 3 is 2.87 bits per heavy atom. The molecule has 0 saturated carbocycles. The third-order valence-corrected chi connectivity index (χ3v) is 2.78. The van der Waals surface area contributed by atoms with Crippen LogP contribution in [0.1, 0.15) is 58.3 Å². The number of allylic oxidation sites excluding steroid dienone is 1. The lowest BCUT2D eigenvalue weighted by Gasteiger charge is -2.20. The van der Waals surface area contributed by atoms with Crippen LogP contribution in [-0.2, 0) is 0 Å². The molecule has 0 aliphatic heterocycles. The standard InChI is InChI=1S/C14H22O/c1-2-3-4-5-6-8-11-14(15)12-9-7-10-13-14/h9,12,15H,2-7,10,13H2,1H3. The van der Waals surface area contributed by atoms with Crippen LogP contribution >= 0.6 is 0 Å². The third kappa shape index (κ3) is 5.04. The van der Waals surface area contributed by atoms with Crippen molar-refractivity contribution in [2.75, 3.05) is 0 Å². The summed E-state index contributed by atoms with van der Waals surface area (Å²) in [5.41, 5.74) is -0.816. The van der Waals surface area contributed by atoms with Gasteiger partial charge in [0.05, 0.1) is 0 Å². The van der Waals surface area contributed by atoms with E-state index >= 15 is 0 Å². The van der Waals surface area contributed by atoms with Crippen molar-refractivity contribution in [1.82, 2.24) is 0 Å². The first kappa shape index (κ1) is 12.3. The van der Waals surface area contributed by atoms with Gasteiger partial charge in [0.15, 0.2) is 0 Å². The van der Waals surface area contributed by atoms with Crippen LogP contribution in [0.5, 0.6) is 0 Å². The predicted molar refractivity (Wildman–Crippen MR) is 64.5 cm³/mol. The van der Waals surface area contributed by atoms with Gasteiger partial charge in [-0.2, -0.15) is 0 Å². The second-order valence-corrected chi connectivity index (χ2v) is 4.33. The normalized spacial score (nSPS) is 24.7. The Hall–Kier alpha value is -0.740. The molecule has 1 aliphatic rings. The van der Waals surface area contributed by atoms with E-state index < -0.39 is 5.60 Å². The molecule has 0 saturated heterocycles. The summed E-state index contributed by atoms with van der Waals surface area (Å²) in [4.78, 5) is 0. The van der Waals surface area contributed by atoms with Crippen LogP contribution in [0.3, 0.4) is 0 Å². The van der Waals surface area contributed by atoms with Crippen molar-refractivity contribution in [1.29, 1.82) is 0 Å². The van der Waals surface area contributed by atoms with Crippen LogP contribution in [0.4, 0.5) is 0 Å². The van der Waals surface area contributed by atoms with Gasteiger partial charge in [0.1, 0.15) is 5.60 Å². The van der Waals surface area contributed by atoms with E-state index in [9.17, 15) is 5.11 Å². The lowest BCUT2D eigenvalue weighted by molar-refractivity contribution is 0.135. The molecule has 15 heavy (non-hydrogen) atoms. The van der Waals surface area contributed by atoms with Crippen molar-refractivity contribution in [3.05, 3.63) is 12.2 Å². The van der Waals surface area contributed by atoms with Crippen molar-refractivity contribution in [3.8, 4) is 11.8 Å². The Balaban J connectivity index is 2.24. The van der Waals surface area contributed by atoms with Gasteiger partial charge in [0.25, 0.3) is 0 Å². The lowest BCUT2D eigenvalue weighted by Crippen LogP contribution is -2.25. The molecule has 1 heteroatoms. The molecular formula is C14H22O. The molecule has 1 rings (SSSR count). The second-order valence-electron chi connectivity index (χ2n) is 4.33.